The number of ether oxygens (including phenoxy) is 1. The molecule has 1 saturated carbocycles. The predicted molar refractivity (Wildman–Crippen MR) is 104 cm³/mol. The summed E-state index contributed by atoms with van der Waals surface area (Å²) in [5.74, 6) is 1.03. The van der Waals surface area contributed by atoms with Gasteiger partial charge in [0.25, 0.3) is 5.91 Å². The minimum Gasteiger partial charge on any atom is -0.378 e. The molecule has 0 spiro atoms. The average molecular weight is 358 g/mol. The number of hydrogen-bond donors (Lipinski definition) is 1. The molecule has 0 aromatic carbocycles. The Morgan fingerprint density at radius 3 is 2.69 bits per heavy atom. The molecule has 3 rings (SSSR count). The Kier molecular flexibility index (Phi) is 5.51. The van der Waals surface area contributed by atoms with Crippen LogP contribution in [-0.2, 0) is 4.74 Å². The SMILES string of the molecule is Cc1cc(N(C)C2CCC(OCC(C)C)CC2)nc2c(C(N)=O)ccn12. The third-order valence-corrected chi connectivity index (χ3v) is 5.28. The number of nitrogens with two attached hydrogens (primary N) is 1. The molecule has 1 fully saturated rings. The highest BCUT2D eigenvalue weighted by atomic mass is 16.5. The van der Waals surface area contributed by atoms with Crippen molar-refractivity contribution in [1.82, 2.24) is 9.38 Å². The molecule has 2 aromatic heterocycles. The van der Waals surface area contributed by atoms with Gasteiger partial charge in [-0.15, -0.1) is 0 Å². The van der Waals surface area contributed by atoms with E-state index in [2.05, 4.69) is 31.9 Å². The van der Waals surface area contributed by atoms with Crippen molar-refractivity contribution in [3.05, 3.63) is 29.6 Å². The molecule has 6 nitrogen and oxygen atoms in total. The van der Waals surface area contributed by atoms with Gasteiger partial charge >= 0.3 is 0 Å². The van der Waals surface area contributed by atoms with Crippen LogP contribution in [0.5, 0.6) is 0 Å². The second-order valence-electron chi connectivity index (χ2n) is 7.81. The third kappa shape index (κ3) is 3.85. The molecular formula is C20H30N4O2. The topological polar surface area (TPSA) is 72.9 Å². The number of hydrogen-bond acceptors (Lipinski definition) is 4. The van der Waals surface area contributed by atoms with Gasteiger partial charge in [-0.25, -0.2) is 4.98 Å². The lowest BCUT2D eigenvalue weighted by Crippen LogP contribution is -2.37. The van der Waals surface area contributed by atoms with E-state index in [-0.39, 0.29) is 0 Å². The fourth-order valence-electron chi connectivity index (χ4n) is 3.71. The number of nitrogens with zero attached hydrogens (tertiary/aromatic N) is 3. The Balaban J connectivity index is 1.73. The number of amides is 1. The summed E-state index contributed by atoms with van der Waals surface area (Å²) in [5.41, 5.74) is 7.63. The fraction of sp³-hybridized carbons (Fsp3) is 0.600. The Hall–Kier alpha value is -2.08. The van der Waals surface area contributed by atoms with Crippen molar-refractivity contribution in [3.63, 3.8) is 0 Å². The second-order valence-corrected chi connectivity index (χ2v) is 7.81. The van der Waals surface area contributed by atoms with Crippen LogP contribution in [0.25, 0.3) is 5.65 Å². The van der Waals surface area contributed by atoms with Gasteiger partial charge in [0.05, 0.1) is 11.7 Å². The van der Waals surface area contributed by atoms with E-state index in [4.69, 9.17) is 15.5 Å². The van der Waals surface area contributed by atoms with Gasteiger partial charge in [0.2, 0.25) is 0 Å². The van der Waals surface area contributed by atoms with Crippen LogP contribution in [0.2, 0.25) is 0 Å². The first-order valence-electron chi connectivity index (χ1n) is 9.49. The minimum absolute atomic E-state index is 0.381. The van der Waals surface area contributed by atoms with Crippen LogP contribution >= 0.6 is 0 Å². The van der Waals surface area contributed by atoms with E-state index in [0.29, 0.717) is 29.3 Å². The Bertz CT molecular complexity index is 775. The first-order valence-corrected chi connectivity index (χ1v) is 9.49. The van der Waals surface area contributed by atoms with Gasteiger partial charge in [-0.1, -0.05) is 13.8 Å². The van der Waals surface area contributed by atoms with Gasteiger partial charge in [0.15, 0.2) is 5.65 Å². The molecule has 6 heteroatoms. The van der Waals surface area contributed by atoms with E-state index in [1.165, 1.54) is 0 Å². The fourth-order valence-corrected chi connectivity index (χ4v) is 3.71. The molecule has 2 N–H and O–H groups in total. The van der Waals surface area contributed by atoms with Crippen molar-refractivity contribution >= 4 is 17.4 Å². The largest absolute Gasteiger partial charge is 0.378 e. The van der Waals surface area contributed by atoms with Crippen molar-refractivity contribution < 1.29 is 9.53 Å². The first-order chi connectivity index (χ1) is 12.4. The summed E-state index contributed by atoms with van der Waals surface area (Å²) in [6.07, 6.45) is 6.58. The van der Waals surface area contributed by atoms with Gasteiger partial charge in [0.1, 0.15) is 5.82 Å². The number of aromatic nitrogens is 2. The molecular weight excluding hydrogens is 328 g/mol. The van der Waals surface area contributed by atoms with E-state index in [1.54, 1.807) is 6.07 Å². The normalized spacial score (nSPS) is 20.7. The molecule has 0 atom stereocenters. The number of fused-ring (bicyclic) bond motifs is 1. The second kappa shape index (κ2) is 7.66. The van der Waals surface area contributed by atoms with Crippen molar-refractivity contribution in [1.29, 1.82) is 0 Å². The standard InChI is InChI=1S/C20H30N4O2/c1-13(2)12-26-16-7-5-15(6-8-16)23(4)18-11-14(3)24-10-9-17(19(21)25)20(24)22-18/h9-11,13,15-16H,5-8,12H2,1-4H3,(H2,21,25). The van der Waals surface area contributed by atoms with Crippen molar-refractivity contribution in [2.24, 2.45) is 11.7 Å². The van der Waals surface area contributed by atoms with Gasteiger partial charge in [-0.2, -0.15) is 0 Å². The van der Waals surface area contributed by atoms with E-state index in [1.807, 2.05) is 17.5 Å². The molecule has 0 radical (unpaired) electrons. The van der Waals surface area contributed by atoms with Crippen LogP contribution in [0.3, 0.4) is 0 Å². The van der Waals surface area contributed by atoms with Crippen LogP contribution < -0.4 is 10.6 Å². The molecule has 2 aromatic rings. The van der Waals surface area contributed by atoms with E-state index in [9.17, 15) is 4.79 Å². The number of aryl methyl sites for hydroxylation is 1. The molecule has 26 heavy (non-hydrogen) atoms. The molecule has 2 heterocycles. The number of carbonyl (C=O) groups is 1. The van der Waals surface area contributed by atoms with E-state index in [0.717, 1.165) is 43.8 Å². The van der Waals surface area contributed by atoms with Gasteiger partial charge in [0, 0.05) is 37.7 Å². The highest BCUT2D eigenvalue weighted by Crippen LogP contribution is 2.28. The quantitative estimate of drug-likeness (QED) is 0.861. The van der Waals surface area contributed by atoms with E-state index >= 15 is 0 Å². The minimum atomic E-state index is -0.443. The molecule has 1 aliphatic rings. The lowest BCUT2D eigenvalue weighted by atomic mass is 9.92. The maximum absolute atomic E-state index is 11.7. The summed E-state index contributed by atoms with van der Waals surface area (Å²) in [5, 5.41) is 0. The monoisotopic (exact) mass is 358 g/mol. The molecule has 142 valence electrons. The lowest BCUT2D eigenvalue weighted by Gasteiger charge is -2.35. The highest BCUT2D eigenvalue weighted by molar-refractivity contribution is 5.99. The molecule has 0 unspecified atom stereocenters. The Morgan fingerprint density at radius 1 is 1.38 bits per heavy atom. The van der Waals surface area contributed by atoms with Crippen LogP contribution in [0.15, 0.2) is 18.3 Å². The van der Waals surface area contributed by atoms with Crippen molar-refractivity contribution in [2.75, 3.05) is 18.6 Å². The molecule has 0 bridgehead atoms. The molecule has 1 aliphatic carbocycles. The van der Waals surface area contributed by atoms with Gasteiger partial charge in [-0.3, -0.25) is 4.79 Å². The highest BCUT2D eigenvalue weighted by Gasteiger charge is 2.26. The summed E-state index contributed by atoms with van der Waals surface area (Å²) in [6, 6.07) is 4.24. The molecule has 1 amide bonds. The average Bonchev–Trinajstić information content (AvgIpc) is 3.04. The van der Waals surface area contributed by atoms with Crippen LogP contribution in [-0.4, -0.2) is 41.1 Å². The third-order valence-electron chi connectivity index (χ3n) is 5.28. The smallest absolute Gasteiger partial charge is 0.252 e. The van der Waals surface area contributed by atoms with Crippen LogP contribution in [0.1, 0.15) is 55.6 Å². The first kappa shape index (κ1) is 18.7. The zero-order valence-electron chi connectivity index (χ0n) is 16.2. The maximum Gasteiger partial charge on any atom is 0.252 e. The molecule has 0 saturated heterocycles. The zero-order valence-corrected chi connectivity index (χ0v) is 16.2. The predicted octanol–water partition coefficient (Wildman–Crippen LogP) is 3.16. The van der Waals surface area contributed by atoms with E-state index < -0.39 is 5.91 Å². The Labute approximate surface area is 155 Å². The van der Waals surface area contributed by atoms with Gasteiger partial charge in [-0.05, 0) is 44.6 Å². The maximum atomic E-state index is 11.7. The number of anilines is 1. The Morgan fingerprint density at radius 2 is 2.08 bits per heavy atom. The van der Waals surface area contributed by atoms with Crippen LogP contribution in [0, 0.1) is 12.8 Å². The number of rotatable bonds is 6. The lowest BCUT2D eigenvalue weighted by molar-refractivity contribution is 0.0106. The summed E-state index contributed by atoms with van der Waals surface area (Å²) in [4.78, 5) is 18.6. The van der Waals surface area contributed by atoms with Crippen molar-refractivity contribution in [2.45, 2.75) is 58.6 Å². The van der Waals surface area contributed by atoms with Crippen molar-refractivity contribution in [3.8, 4) is 0 Å². The molecule has 0 aliphatic heterocycles. The summed E-state index contributed by atoms with van der Waals surface area (Å²) in [6.45, 7) is 7.23. The van der Waals surface area contributed by atoms with Crippen LogP contribution in [0.4, 0.5) is 5.82 Å². The summed E-state index contributed by atoms with van der Waals surface area (Å²) < 4.78 is 7.91. The number of primary amides is 1. The zero-order chi connectivity index (χ0) is 18.8. The summed E-state index contributed by atoms with van der Waals surface area (Å²) >= 11 is 0. The number of carbonyl (C=O) groups excluding carboxylic acids is 1. The van der Waals surface area contributed by atoms with Gasteiger partial charge < -0.3 is 19.8 Å². The summed E-state index contributed by atoms with van der Waals surface area (Å²) in [7, 11) is 2.09.